The van der Waals surface area contributed by atoms with Crippen LogP contribution < -0.4 is 5.32 Å². The zero-order valence-electron chi connectivity index (χ0n) is 11.4. The van der Waals surface area contributed by atoms with Gasteiger partial charge in [0.1, 0.15) is 11.6 Å². The summed E-state index contributed by atoms with van der Waals surface area (Å²) in [6.45, 7) is 8.27. The molecule has 0 spiro atoms. The summed E-state index contributed by atoms with van der Waals surface area (Å²) in [5.74, 6) is 2.92. The lowest BCUT2D eigenvalue weighted by Gasteiger charge is -2.11. The molecule has 7 heteroatoms. The van der Waals surface area contributed by atoms with Crippen molar-refractivity contribution in [3.8, 4) is 0 Å². The van der Waals surface area contributed by atoms with Gasteiger partial charge in [-0.2, -0.15) is 0 Å². The van der Waals surface area contributed by atoms with Crippen LogP contribution in [0.25, 0.3) is 0 Å². The lowest BCUT2D eigenvalue weighted by atomic mass is 10.2. The second kappa shape index (κ2) is 5.64. The molecule has 1 N–H and O–H groups in total. The highest BCUT2D eigenvalue weighted by Gasteiger charge is 2.12. The fraction of sp³-hybridized carbons (Fsp3) is 0.500. The van der Waals surface area contributed by atoms with E-state index in [0.717, 1.165) is 21.8 Å². The van der Waals surface area contributed by atoms with Crippen LogP contribution in [0.4, 0.5) is 5.82 Å². The van der Waals surface area contributed by atoms with Crippen molar-refractivity contribution in [2.75, 3.05) is 5.32 Å². The Morgan fingerprint density at radius 2 is 1.95 bits per heavy atom. The highest BCUT2D eigenvalue weighted by molar-refractivity contribution is 9.10. The molecule has 0 saturated heterocycles. The predicted molar refractivity (Wildman–Crippen MR) is 74.9 cm³/mol. The van der Waals surface area contributed by atoms with Gasteiger partial charge >= 0.3 is 0 Å². The van der Waals surface area contributed by atoms with Crippen LogP contribution in [0, 0.1) is 13.8 Å². The molecule has 2 aromatic rings. The van der Waals surface area contributed by atoms with Crippen LogP contribution in [0.3, 0.4) is 0 Å². The Balaban J connectivity index is 2.19. The Kier molecular flexibility index (Phi) is 4.14. The summed E-state index contributed by atoms with van der Waals surface area (Å²) in [4.78, 5) is 8.94. The number of nitrogens with zero attached hydrogens (tertiary/aromatic N) is 4. The van der Waals surface area contributed by atoms with Crippen LogP contribution in [0.15, 0.2) is 8.89 Å². The van der Waals surface area contributed by atoms with Crippen molar-refractivity contribution in [2.45, 2.75) is 40.2 Å². The van der Waals surface area contributed by atoms with Crippen molar-refractivity contribution in [3.63, 3.8) is 0 Å². The second-order valence-electron chi connectivity index (χ2n) is 4.55. The first-order valence-corrected chi connectivity index (χ1v) is 6.83. The first-order chi connectivity index (χ1) is 8.97. The second-order valence-corrected chi connectivity index (χ2v) is 5.35. The molecule has 6 nitrogen and oxygen atoms in total. The quantitative estimate of drug-likeness (QED) is 0.931. The maximum Gasteiger partial charge on any atom is 0.235 e. The highest BCUT2D eigenvalue weighted by atomic mass is 79.9. The Morgan fingerprint density at radius 1 is 1.21 bits per heavy atom. The van der Waals surface area contributed by atoms with E-state index in [1.165, 1.54) is 0 Å². The summed E-state index contributed by atoms with van der Waals surface area (Å²) in [7, 11) is 0. The molecular weight excluding hydrogens is 310 g/mol. The molecule has 102 valence electrons. The summed E-state index contributed by atoms with van der Waals surface area (Å²) < 4.78 is 6.16. The van der Waals surface area contributed by atoms with Gasteiger partial charge in [0, 0.05) is 12.8 Å². The van der Waals surface area contributed by atoms with Crippen molar-refractivity contribution in [1.82, 2.24) is 20.2 Å². The van der Waals surface area contributed by atoms with E-state index in [2.05, 4.69) is 55.3 Å². The van der Waals surface area contributed by atoms with Gasteiger partial charge in [0.05, 0.1) is 16.7 Å². The van der Waals surface area contributed by atoms with Gasteiger partial charge in [0.25, 0.3) is 0 Å². The molecule has 0 fully saturated rings. The molecule has 0 amide bonds. The van der Waals surface area contributed by atoms with E-state index >= 15 is 0 Å². The van der Waals surface area contributed by atoms with Gasteiger partial charge in [0.2, 0.25) is 11.8 Å². The Labute approximate surface area is 120 Å². The number of rotatable bonds is 4. The number of nitrogens with one attached hydrogen (secondary N) is 1. The van der Waals surface area contributed by atoms with Crippen molar-refractivity contribution in [2.24, 2.45) is 0 Å². The van der Waals surface area contributed by atoms with E-state index in [-0.39, 0.29) is 5.92 Å². The smallest absolute Gasteiger partial charge is 0.235 e. The van der Waals surface area contributed by atoms with Gasteiger partial charge in [0.15, 0.2) is 0 Å². The van der Waals surface area contributed by atoms with Crippen molar-refractivity contribution in [1.29, 1.82) is 0 Å². The topological polar surface area (TPSA) is 76.7 Å². The Morgan fingerprint density at radius 3 is 2.53 bits per heavy atom. The number of hydrogen-bond donors (Lipinski definition) is 1. The summed E-state index contributed by atoms with van der Waals surface area (Å²) in [6.07, 6.45) is 0. The number of halogens is 1. The SMILES string of the molecule is Cc1nnc(CNc2nc(C(C)C)nc(C)c2Br)o1. The molecule has 0 atom stereocenters. The minimum Gasteiger partial charge on any atom is -0.424 e. The Hall–Kier alpha value is -1.50. The third-order valence-corrected chi connectivity index (χ3v) is 3.47. The standard InChI is InChI=1S/C12H16BrN5O/c1-6(2)11-15-7(3)10(13)12(16-11)14-5-9-18-17-8(4)19-9/h6H,5H2,1-4H3,(H,14,15,16). The molecule has 2 rings (SSSR count). The first kappa shape index (κ1) is 13.9. The molecular formula is C12H16BrN5O. The molecule has 2 aromatic heterocycles. The van der Waals surface area contributed by atoms with Gasteiger partial charge in [-0.15, -0.1) is 10.2 Å². The van der Waals surface area contributed by atoms with Crippen LogP contribution in [-0.4, -0.2) is 20.2 Å². The van der Waals surface area contributed by atoms with E-state index < -0.39 is 0 Å². The molecule has 2 heterocycles. The van der Waals surface area contributed by atoms with Gasteiger partial charge < -0.3 is 9.73 Å². The fourth-order valence-corrected chi connectivity index (χ4v) is 1.84. The molecule has 0 radical (unpaired) electrons. The normalized spacial score (nSPS) is 11.1. The van der Waals surface area contributed by atoms with Crippen molar-refractivity contribution in [3.05, 3.63) is 27.8 Å². The summed E-state index contributed by atoms with van der Waals surface area (Å²) in [6, 6.07) is 0. The summed E-state index contributed by atoms with van der Waals surface area (Å²) in [5, 5.41) is 10.9. The predicted octanol–water partition coefficient (Wildman–Crippen LogP) is 2.97. The average molecular weight is 326 g/mol. The van der Waals surface area contributed by atoms with E-state index in [4.69, 9.17) is 4.42 Å². The number of anilines is 1. The largest absolute Gasteiger partial charge is 0.424 e. The maximum atomic E-state index is 5.31. The van der Waals surface area contributed by atoms with Gasteiger partial charge in [-0.25, -0.2) is 9.97 Å². The number of hydrogen-bond acceptors (Lipinski definition) is 6. The van der Waals surface area contributed by atoms with Gasteiger partial charge in [-0.3, -0.25) is 0 Å². The van der Waals surface area contributed by atoms with E-state index in [1.54, 1.807) is 6.92 Å². The van der Waals surface area contributed by atoms with Crippen LogP contribution in [0.1, 0.15) is 43.1 Å². The summed E-state index contributed by atoms with van der Waals surface area (Å²) >= 11 is 3.49. The molecule has 0 aliphatic rings. The van der Waals surface area contributed by atoms with Crippen LogP contribution in [-0.2, 0) is 6.54 Å². The first-order valence-electron chi connectivity index (χ1n) is 6.04. The zero-order chi connectivity index (χ0) is 14.0. The monoisotopic (exact) mass is 325 g/mol. The molecule has 0 bridgehead atoms. The zero-order valence-corrected chi connectivity index (χ0v) is 12.9. The van der Waals surface area contributed by atoms with Gasteiger partial charge in [-0.1, -0.05) is 13.8 Å². The van der Waals surface area contributed by atoms with Crippen LogP contribution in [0.5, 0.6) is 0 Å². The average Bonchev–Trinajstić information content (AvgIpc) is 2.76. The molecule has 0 saturated carbocycles. The van der Waals surface area contributed by atoms with Crippen LogP contribution in [0.2, 0.25) is 0 Å². The van der Waals surface area contributed by atoms with E-state index in [9.17, 15) is 0 Å². The van der Waals surface area contributed by atoms with Crippen LogP contribution >= 0.6 is 15.9 Å². The summed E-state index contributed by atoms with van der Waals surface area (Å²) in [5.41, 5.74) is 0.905. The van der Waals surface area contributed by atoms with Gasteiger partial charge in [-0.05, 0) is 22.9 Å². The minimum absolute atomic E-state index is 0.276. The molecule has 0 aromatic carbocycles. The van der Waals surface area contributed by atoms with E-state index in [0.29, 0.717) is 18.3 Å². The molecule has 0 aliphatic heterocycles. The van der Waals surface area contributed by atoms with E-state index in [1.807, 2.05) is 6.92 Å². The fourth-order valence-electron chi connectivity index (χ4n) is 1.52. The third kappa shape index (κ3) is 3.28. The highest BCUT2D eigenvalue weighted by Crippen LogP contribution is 2.25. The maximum absolute atomic E-state index is 5.31. The minimum atomic E-state index is 0.276. The Bertz CT molecular complexity index is 581. The lowest BCUT2D eigenvalue weighted by Crippen LogP contribution is -2.08. The number of aromatic nitrogens is 4. The third-order valence-electron chi connectivity index (χ3n) is 2.53. The van der Waals surface area contributed by atoms with Crippen molar-refractivity contribution < 1.29 is 4.42 Å². The molecule has 0 unspecified atom stereocenters. The number of aryl methyl sites for hydroxylation is 2. The molecule has 19 heavy (non-hydrogen) atoms. The van der Waals surface area contributed by atoms with Crippen molar-refractivity contribution >= 4 is 21.7 Å². The molecule has 0 aliphatic carbocycles. The lowest BCUT2D eigenvalue weighted by molar-refractivity contribution is 0.474.